The van der Waals surface area contributed by atoms with Crippen molar-refractivity contribution in [2.45, 2.75) is 25.8 Å². The first-order valence-corrected chi connectivity index (χ1v) is 8.11. The Balaban J connectivity index is 1.88. The number of unbranched alkanes of at least 4 members (excludes halogenated alkanes) is 2. The minimum absolute atomic E-state index is 0.113. The molecule has 0 saturated carbocycles. The largest absolute Gasteiger partial charge is 0.336 e. The summed E-state index contributed by atoms with van der Waals surface area (Å²) in [6.45, 7) is 0.729. The number of aryl methyl sites for hydroxylation is 1. The van der Waals surface area contributed by atoms with Gasteiger partial charge >= 0.3 is 0 Å². The normalized spacial score (nSPS) is 10.5. The van der Waals surface area contributed by atoms with Crippen molar-refractivity contribution in [1.29, 1.82) is 5.26 Å². The number of nitriles is 1. The van der Waals surface area contributed by atoms with Crippen LogP contribution in [0.25, 0.3) is 10.9 Å². The van der Waals surface area contributed by atoms with Gasteiger partial charge in [-0.15, -0.1) is 0 Å². The molecule has 1 aromatic heterocycles. The second-order valence-electron chi connectivity index (χ2n) is 5.68. The number of para-hydroxylation sites is 2. The number of anilines is 1. The van der Waals surface area contributed by atoms with Gasteiger partial charge in [-0.05, 0) is 37.1 Å². The number of nitrogens with one attached hydrogen (secondary N) is 1. The van der Waals surface area contributed by atoms with E-state index in [-0.39, 0.29) is 5.91 Å². The lowest BCUT2D eigenvalue weighted by atomic mass is 10.2. The molecule has 0 aliphatic heterocycles. The maximum Gasteiger partial charge on any atom is 0.272 e. The van der Waals surface area contributed by atoms with E-state index in [9.17, 15) is 4.79 Å². The first kappa shape index (κ1) is 15.8. The Hall–Kier alpha value is -3.06. The van der Waals surface area contributed by atoms with Crippen molar-refractivity contribution in [2.75, 3.05) is 5.32 Å². The highest BCUT2D eigenvalue weighted by Crippen LogP contribution is 2.22. The van der Waals surface area contributed by atoms with Crippen LogP contribution in [0.3, 0.4) is 0 Å². The van der Waals surface area contributed by atoms with Crippen LogP contribution < -0.4 is 5.32 Å². The molecule has 2 aromatic carbocycles. The summed E-state index contributed by atoms with van der Waals surface area (Å²) in [5, 5.41) is 12.7. The molecule has 120 valence electrons. The number of aromatic nitrogens is 1. The first-order valence-electron chi connectivity index (χ1n) is 8.11. The Kier molecular flexibility index (Phi) is 4.93. The molecule has 0 fully saturated rings. The quantitative estimate of drug-likeness (QED) is 0.676. The second-order valence-corrected chi connectivity index (χ2v) is 5.68. The van der Waals surface area contributed by atoms with E-state index in [4.69, 9.17) is 5.26 Å². The van der Waals surface area contributed by atoms with Gasteiger partial charge in [0.2, 0.25) is 0 Å². The molecule has 3 rings (SSSR count). The third kappa shape index (κ3) is 3.47. The Labute approximate surface area is 141 Å². The molecule has 4 heteroatoms. The summed E-state index contributed by atoms with van der Waals surface area (Å²) >= 11 is 0. The molecule has 4 nitrogen and oxygen atoms in total. The van der Waals surface area contributed by atoms with E-state index in [0.29, 0.717) is 12.1 Å². The highest BCUT2D eigenvalue weighted by molar-refractivity contribution is 6.06. The molecule has 0 unspecified atom stereocenters. The van der Waals surface area contributed by atoms with E-state index < -0.39 is 0 Å². The monoisotopic (exact) mass is 317 g/mol. The number of fused-ring (bicyclic) bond motifs is 1. The number of nitrogens with zero attached hydrogens (tertiary/aromatic N) is 2. The molecule has 0 aliphatic carbocycles. The fourth-order valence-electron chi connectivity index (χ4n) is 2.83. The molecular formula is C20H19N3O. The topological polar surface area (TPSA) is 57.8 Å². The predicted octanol–water partition coefficient (Wildman–Crippen LogP) is 4.59. The number of amides is 1. The van der Waals surface area contributed by atoms with Gasteiger partial charge in [-0.1, -0.05) is 36.4 Å². The molecule has 1 heterocycles. The van der Waals surface area contributed by atoms with E-state index in [1.807, 2.05) is 65.2 Å². The van der Waals surface area contributed by atoms with Gasteiger partial charge in [-0.3, -0.25) is 4.79 Å². The van der Waals surface area contributed by atoms with Gasteiger partial charge in [-0.25, -0.2) is 0 Å². The highest BCUT2D eigenvalue weighted by Gasteiger charge is 2.15. The minimum Gasteiger partial charge on any atom is -0.336 e. The van der Waals surface area contributed by atoms with Crippen LogP contribution in [0.4, 0.5) is 5.69 Å². The van der Waals surface area contributed by atoms with Crippen LogP contribution >= 0.6 is 0 Å². The maximum absolute atomic E-state index is 12.7. The lowest BCUT2D eigenvalue weighted by Gasteiger charge is -2.11. The summed E-state index contributed by atoms with van der Waals surface area (Å²) in [7, 11) is 0. The second kappa shape index (κ2) is 7.47. The molecule has 0 radical (unpaired) electrons. The molecule has 0 atom stereocenters. The molecule has 1 amide bonds. The summed E-state index contributed by atoms with van der Waals surface area (Å²) in [6.07, 6.45) is 2.26. The lowest BCUT2D eigenvalue weighted by molar-refractivity contribution is 0.101. The Morgan fingerprint density at radius 2 is 1.79 bits per heavy atom. The predicted molar refractivity (Wildman–Crippen MR) is 95.8 cm³/mol. The van der Waals surface area contributed by atoms with Gasteiger partial charge in [-0.2, -0.15) is 5.26 Å². The third-order valence-corrected chi connectivity index (χ3v) is 4.00. The molecular weight excluding hydrogens is 298 g/mol. The SMILES string of the molecule is N#CCCCCn1c(C(=O)Nc2ccccc2)cc2ccccc21. The van der Waals surface area contributed by atoms with Crippen LogP contribution in [-0.4, -0.2) is 10.5 Å². The Morgan fingerprint density at radius 1 is 1.04 bits per heavy atom. The number of rotatable bonds is 6. The molecule has 0 aliphatic rings. The number of hydrogen-bond donors (Lipinski definition) is 1. The standard InChI is InChI=1S/C20H19N3O/c21-13-7-2-8-14-23-18-12-6-5-9-16(18)15-19(23)20(24)22-17-10-3-1-4-11-17/h1,3-6,9-12,15H,2,7-8,14H2,(H,22,24). The lowest BCUT2D eigenvalue weighted by Crippen LogP contribution is -2.17. The third-order valence-electron chi connectivity index (χ3n) is 4.00. The van der Waals surface area contributed by atoms with Crippen LogP contribution in [0.1, 0.15) is 29.8 Å². The van der Waals surface area contributed by atoms with Crippen LogP contribution in [0.15, 0.2) is 60.7 Å². The molecule has 0 saturated heterocycles. The summed E-state index contributed by atoms with van der Waals surface area (Å²) in [4.78, 5) is 12.7. The zero-order valence-electron chi connectivity index (χ0n) is 13.4. The van der Waals surface area contributed by atoms with Gasteiger partial charge in [0, 0.05) is 29.6 Å². The number of carbonyl (C=O) groups excluding carboxylic acids is 1. The van der Waals surface area contributed by atoms with Crippen molar-refractivity contribution < 1.29 is 4.79 Å². The average molecular weight is 317 g/mol. The van der Waals surface area contributed by atoms with Gasteiger partial charge in [0.05, 0.1) is 6.07 Å². The van der Waals surface area contributed by atoms with Gasteiger partial charge in [0.1, 0.15) is 5.69 Å². The van der Waals surface area contributed by atoms with Crippen LogP contribution in [0, 0.1) is 11.3 Å². The van der Waals surface area contributed by atoms with Crippen LogP contribution in [0.2, 0.25) is 0 Å². The summed E-state index contributed by atoms with van der Waals surface area (Å²) in [5.41, 5.74) is 2.48. The summed E-state index contributed by atoms with van der Waals surface area (Å²) in [6, 6.07) is 21.5. The minimum atomic E-state index is -0.113. The highest BCUT2D eigenvalue weighted by atomic mass is 16.1. The smallest absolute Gasteiger partial charge is 0.272 e. The fraction of sp³-hybridized carbons (Fsp3) is 0.200. The number of benzene rings is 2. The van der Waals surface area contributed by atoms with E-state index in [1.165, 1.54) is 0 Å². The van der Waals surface area contributed by atoms with Crippen molar-refractivity contribution in [3.05, 3.63) is 66.4 Å². The van der Waals surface area contributed by atoms with E-state index >= 15 is 0 Å². The van der Waals surface area contributed by atoms with Gasteiger partial charge in [0.15, 0.2) is 0 Å². The van der Waals surface area contributed by atoms with Crippen LogP contribution in [0.5, 0.6) is 0 Å². The Morgan fingerprint density at radius 3 is 2.58 bits per heavy atom. The maximum atomic E-state index is 12.7. The average Bonchev–Trinajstić information content (AvgIpc) is 2.98. The van der Waals surface area contributed by atoms with Crippen LogP contribution in [-0.2, 0) is 6.54 Å². The van der Waals surface area contributed by atoms with E-state index in [1.54, 1.807) is 0 Å². The zero-order valence-corrected chi connectivity index (χ0v) is 13.4. The molecule has 3 aromatic rings. The van der Waals surface area contributed by atoms with Gasteiger partial charge in [0.25, 0.3) is 5.91 Å². The van der Waals surface area contributed by atoms with Crippen molar-refractivity contribution in [3.63, 3.8) is 0 Å². The van der Waals surface area contributed by atoms with Crippen molar-refractivity contribution in [2.24, 2.45) is 0 Å². The Bertz CT molecular complexity index is 875. The molecule has 0 spiro atoms. The molecule has 24 heavy (non-hydrogen) atoms. The summed E-state index contributed by atoms with van der Waals surface area (Å²) in [5.74, 6) is -0.113. The van der Waals surface area contributed by atoms with Crippen molar-refractivity contribution >= 4 is 22.5 Å². The van der Waals surface area contributed by atoms with Crippen molar-refractivity contribution in [1.82, 2.24) is 4.57 Å². The van der Waals surface area contributed by atoms with Crippen molar-refractivity contribution in [3.8, 4) is 6.07 Å². The number of hydrogen-bond acceptors (Lipinski definition) is 2. The first-order chi connectivity index (χ1) is 11.8. The van der Waals surface area contributed by atoms with E-state index in [2.05, 4.69) is 11.4 Å². The zero-order chi connectivity index (χ0) is 16.8. The molecule has 1 N–H and O–H groups in total. The van der Waals surface area contributed by atoms with Gasteiger partial charge < -0.3 is 9.88 Å². The fourth-order valence-corrected chi connectivity index (χ4v) is 2.83. The molecule has 0 bridgehead atoms. The summed E-state index contributed by atoms with van der Waals surface area (Å²) < 4.78 is 2.05. The number of carbonyl (C=O) groups is 1. The van der Waals surface area contributed by atoms with E-state index in [0.717, 1.165) is 36.0 Å².